The summed E-state index contributed by atoms with van der Waals surface area (Å²) in [6.07, 6.45) is -4.39. The highest BCUT2D eigenvalue weighted by atomic mass is 32.2. The Bertz CT molecular complexity index is 221. The van der Waals surface area contributed by atoms with E-state index in [1.165, 1.54) is 17.8 Å². The van der Waals surface area contributed by atoms with Gasteiger partial charge in [-0.3, -0.25) is 0 Å². The van der Waals surface area contributed by atoms with Crippen LogP contribution in [0.15, 0.2) is 0 Å². The third-order valence-electron chi connectivity index (χ3n) is 2.28. The minimum absolute atomic E-state index is 0.165. The van der Waals surface area contributed by atoms with E-state index in [0.717, 1.165) is 19.6 Å². The van der Waals surface area contributed by atoms with E-state index in [2.05, 4.69) is 4.90 Å². The Morgan fingerprint density at radius 3 is 2.25 bits per heavy atom. The molecular formula is C10H17F3N2S. The van der Waals surface area contributed by atoms with Gasteiger partial charge >= 0.3 is 6.18 Å². The predicted molar refractivity (Wildman–Crippen MR) is 60.3 cm³/mol. The number of halogens is 3. The first-order valence-electron chi connectivity index (χ1n) is 5.22. The maximum absolute atomic E-state index is 12.2. The monoisotopic (exact) mass is 254 g/mol. The molecule has 0 aliphatic carbocycles. The lowest BCUT2D eigenvalue weighted by Gasteiger charge is -2.18. The number of hydrogen-bond acceptors (Lipinski definition) is 3. The van der Waals surface area contributed by atoms with Crippen LogP contribution in [-0.4, -0.2) is 42.2 Å². The molecule has 16 heavy (non-hydrogen) atoms. The Kier molecular flexibility index (Phi) is 7.60. The number of hydrogen-bond donors (Lipinski definition) is 0. The maximum atomic E-state index is 12.2. The molecule has 0 N–H and O–H groups in total. The second kappa shape index (κ2) is 7.80. The van der Waals surface area contributed by atoms with E-state index in [1.54, 1.807) is 0 Å². The second-order valence-corrected chi connectivity index (χ2v) is 4.47. The maximum Gasteiger partial charge on any atom is 0.405 e. The van der Waals surface area contributed by atoms with E-state index in [-0.39, 0.29) is 5.75 Å². The molecule has 0 radical (unpaired) electrons. The third kappa shape index (κ3) is 6.23. The fourth-order valence-corrected chi connectivity index (χ4v) is 2.19. The molecule has 0 saturated carbocycles. The predicted octanol–water partition coefficient (Wildman–Crippen LogP) is 2.76. The molecule has 0 rings (SSSR count). The Morgan fingerprint density at radius 1 is 1.31 bits per heavy atom. The van der Waals surface area contributed by atoms with Crippen LogP contribution >= 0.6 is 11.8 Å². The molecule has 0 amide bonds. The summed E-state index contributed by atoms with van der Waals surface area (Å²) in [7, 11) is 0. The van der Waals surface area contributed by atoms with Crippen LogP contribution in [0.3, 0.4) is 0 Å². The van der Waals surface area contributed by atoms with Crippen molar-refractivity contribution in [3.63, 3.8) is 0 Å². The zero-order valence-corrected chi connectivity index (χ0v) is 10.4. The molecular weight excluding hydrogens is 237 g/mol. The Hall–Kier alpha value is -0.410. The second-order valence-electron chi connectivity index (χ2n) is 3.33. The van der Waals surface area contributed by atoms with Gasteiger partial charge in [-0.05, 0) is 13.1 Å². The van der Waals surface area contributed by atoms with Crippen molar-refractivity contribution in [3.05, 3.63) is 0 Å². The van der Waals surface area contributed by atoms with Gasteiger partial charge < -0.3 is 4.90 Å². The standard InChI is InChI=1S/C10H17F3N2S/c1-3-15(4-2)5-6-16-8-9(7-14)10(11,12)13/h9H,3-6,8H2,1-2H3. The topological polar surface area (TPSA) is 27.0 Å². The average molecular weight is 254 g/mol. The minimum Gasteiger partial charge on any atom is -0.303 e. The molecule has 0 spiro atoms. The van der Waals surface area contributed by atoms with Crippen molar-refractivity contribution < 1.29 is 13.2 Å². The lowest BCUT2D eigenvalue weighted by molar-refractivity contribution is -0.152. The van der Waals surface area contributed by atoms with Crippen LogP contribution in [0.5, 0.6) is 0 Å². The van der Waals surface area contributed by atoms with Crippen molar-refractivity contribution in [3.8, 4) is 6.07 Å². The minimum atomic E-state index is -4.39. The molecule has 0 aromatic heterocycles. The number of thioether (sulfide) groups is 1. The van der Waals surface area contributed by atoms with Gasteiger partial charge in [0, 0.05) is 18.1 Å². The molecule has 0 aliphatic rings. The third-order valence-corrected chi connectivity index (χ3v) is 3.32. The molecule has 0 heterocycles. The van der Waals surface area contributed by atoms with Gasteiger partial charge in [0.15, 0.2) is 5.92 Å². The molecule has 94 valence electrons. The zero-order valence-electron chi connectivity index (χ0n) is 9.55. The Labute approximate surface area is 98.8 Å². The summed E-state index contributed by atoms with van der Waals surface area (Å²) in [4.78, 5) is 2.14. The highest BCUT2D eigenvalue weighted by molar-refractivity contribution is 7.99. The van der Waals surface area contributed by atoms with Crippen molar-refractivity contribution in [2.24, 2.45) is 5.92 Å². The van der Waals surface area contributed by atoms with Gasteiger partial charge in [-0.2, -0.15) is 30.2 Å². The van der Waals surface area contributed by atoms with Gasteiger partial charge in [0.1, 0.15) is 0 Å². The van der Waals surface area contributed by atoms with E-state index in [1.807, 2.05) is 13.8 Å². The quantitative estimate of drug-likeness (QED) is 0.654. The van der Waals surface area contributed by atoms with Crippen LogP contribution in [0.4, 0.5) is 13.2 Å². The highest BCUT2D eigenvalue weighted by Gasteiger charge is 2.39. The number of nitriles is 1. The molecule has 0 aromatic carbocycles. The molecule has 0 fully saturated rings. The van der Waals surface area contributed by atoms with Gasteiger partial charge in [0.25, 0.3) is 0 Å². The van der Waals surface area contributed by atoms with Crippen molar-refractivity contribution >= 4 is 11.8 Å². The van der Waals surface area contributed by atoms with Crippen LogP contribution in [0.25, 0.3) is 0 Å². The molecule has 1 atom stereocenters. The smallest absolute Gasteiger partial charge is 0.303 e. The van der Waals surface area contributed by atoms with Gasteiger partial charge in [0.2, 0.25) is 0 Å². The van der Waals surface area contributed by atoms with E-state index < -0.39 is 12.1 Å². The van der Waals surface area contributed by atoms with Gasteiger partial charge in [0.05, 0.1) is 6.07 Å². The lowest BCUT2D eigenvalue weighted by Crippen LogP contribution is -2.27. The van der Waals surface area contributed by atoms with Crippen LogP contribution in [0.1, 0.15) is 13.8 Å². The van der Waals surface area contributed by atoms with Crippen LogP contribution in [0.2, 0.25) is 0 Å². The molecule has 1 unspecified atom stereocenters. The Balaban J connectivity index is 3.77. The zero-order chi connectivity index (χ0) is 12.6. The van der Waals surface area contributed by atoms with Crippen LogP contribution < -0.4 is 0 Å². The van der Waals surface area contributed by atoms with E-state index in [0.29, 0.717) is 5.75 Å². The van der Waals surface area contributed by atoms with Crippen molar-refractivity contribution in [2.75, 3.05) is 31.1 Å². The van der Waals surface area contributed by atoms with Crippen molar-refractivity contribution in [1.82, 2.24) is 4.90 Å². The highest BCUT2D eigenvalue weighted by Crippen LogP contribution is 2.28. The molecule has 6 heteroatoms. The number of nitrogens with zero attached hydrogens (tertiary/aromatic N) is 2. The SMILES string of the molecule is CCN(CC)CCSCC(C#N)C(F)(F)F. The fourth-order valence-electron chi connectivity index (χ4n) is 1.14. The van der Waals surface area contributed by atoms with E-state index >= 15 is 0 Å². The van der Waals surface area contributed by atoms with Crippen molar-refractivity contribution in [2.45, 2.75) is 20.0 Å². The lowest BCUT2D eigenvalue weighted by atomic mass is 10.2. The average Bonchev–Trinajstić information content (AvgIpc) is 2.22. The van der Waals surface area contributed by atoms with Crippen LogP contribution in [-0.2, 0) is 0 Å². The first-order chi connectivity index (χ1) is 7.45. The number of alkyl halides is 3. The molecule has 0 saturated heterocycles. The molecule has 2 nitrogen and oxygen atoms in total. The fraction of sp³-hybridized carbons (Fsp3) is 0.900. The largest absolute Gasteiger partial charge is 0.405 e. The van der Waals surface area contributed by atoms with Gasteiger partial charge in [-0.15, -0.1) is 0 Å². The summed E-state index contributed by atoms with van der Waals surface area (Å²) in [6.45, 7) is 6.60. The summed E-state index contributed by atoms with van der Waals surface area (Å²) in [5, 5.41) is 8.37. The summed E-state index contributed by atoms with van der Waals surface area (Å²) in [5.74, 6) is -1.37. The van der Waals surface area contributed by atoms with Gasteiger partial charge in [-0.1, -0.05) is 13.8 Å². The molecule has 0 aromatic rings. The summed E-state index contributed by atoms with van der Waals surface area (Å²) in [5.41, 5.74) is 0. The number of rotatable bonds is 7. The van der Waals surface area contributed by atoms with Crippen LogP contribution in [0, 0.1) is 17.2 Å². The summed E-state index contributed by atoms with van der Waals surface area (Å²) < 4.78 is 36.6. The summed E-state index contributed by atoms with van der Waals surface area (Å²) in [6, 6.07) is 1.30. The first kappa shape index (κ1) is 15.6. The molecule has 0 aliphatic heterocycles. The van der Waals surface area contributed by atoms with E-state index in [4.69, 9.17) is 5.26 Å². The van der Waals surface area contributed by atoms with Crippen molar-refractivity contribution in [1.29, 1.82) is 5.26 Å². The normalized spacial score (nSPS) is 13.8. The first-order valence-corrected chi connectivity index (χ1v) is 6.37. The molecule has 0 bridgehead atoms. The van der Waals surface area contributed by atoms with E-state index in [9.17, 15) is 13.2 Å². The Morgan fingerprint density at radius 2 is 1.88 bits per heavy atom. The van der Waals surface area contributed by atoms with Gasteiger partial charge in [-0.25, -0.2) is 0 Å². The summed E-state index contributed by atoms with van der Waals surface area (Å²) >= 11 is 1.19.